The van der Waals surface area contributed by atoms with Crippen molar-refractivity contribution in [2.75, 3.05) is 6.54 Å². The number of carbonyl (C=O) groups excluding carboxylic acids is 1. The van der Waals surface area contributed by atoms with Crippen LogP contribution in [0.3, 0.4) is 0 Å². The van der Waals surface area contributed by atoms with E-state index in [2.05, 4.69) is 10.4 Å². The number of amides is 1. The number of carbonyl (C=O) groups is 1. The van der Waals surface area contributed by atoms with Gasteiger partial charge in [0, 0.05) is 19.2 Å². The van der Waals surface area contributed by atoms with Crippen LogP contribution in [0.5, 0.6) is 0 Å². The molecule has 1 atom stereocenters. The summed E-state index contributed by atoms with van der Waals surface area (Å²) in [6, 6.07) is 11.2. The summed E-state index contributed by atoms with van der Waals surface area (Å²) in [5, 5.41) is 16.9. The lowest BCUT2D eigenvalue weighted by atomic mass is 10.1. The molecule has 1 amide bonds. The molecule has 3 rings (SSSR count). The fraction of sp³-hybridized carbons (Fsp3) is 0.200. The molecular formula is C20H17F4N3O2. The van der Waals surface area contributed by atoms with Gasteiger partial charge in [0.2, 0.25) is 0 Å². The minimum absolute atomic E-state index is 0.193. The van der Waals surface area contributed by atoms with Crippen molar-refractivity contribution in [3.63, 3.8) is 0 Å². The Hall–Kier alpha value is -3.20. The van der Waals surface area contributed by atoms with Gasteiger partial charge in [-0.15, -0.1) is 0 Å². The molecule has 1 aromatic heterocycles. The average Bonchev–Trinajstić information content (AvgIpc) is 3.07. The molecule has 1 heterocycles. The summed E-state index contributed by atoms with van der Waals surface area (Å²) in [5.41, 5.74) is 0.742. The van der Waals surface area contributed by atoms with E-state index in [-0.39, 0.29) is 23.6 Å². The number of nitrogens with zero attached hydrogens (tertiary/aromatic N) is 2. The Bertz CT molecular complexity index is 996. The molecule has 3 aromatic rings. The van der Waals surface area contributed by atoms with E-state index in [1.54, 1.807) is 7.05 Å². The highest BCUT2D eigenvalue weighted by Crippen LogP contribution is 2.29. The molecule has 152 valence electrons. The molecule has 0 radical (unpaired) electrons. The molecule has 2 N–H and O–H groups in total. The summed E-state index contributed by atoms with van der Waals surface area (Å²) in [7, 11) is 1.56. The molecule has 0 spiro atoms. The van der Waals surface area contributed by atoms with Crippen molar-refractivity contribution < 1.29 is 27.5 Å². The average molecular weight is 407 g/mol. The smallest absolute Gasteiger partial charge is 0.387 e. The Labute approximate surface area is 163 Å². The largest absolute Gasteiger partial charge is 0.416 e. The van der Waals surface area contributed by atoms with E-state index < -0.39 is 23.8 Å². The number of aromatic nitrogens is 2. The quantitative estimate of drug-likeness (QED) is 0.634. The number of aliphatic hydroxyl groups excluding tert-OH is 1. The number of hydrogen-bond acceptors (Lipinski definition) is 3. The lowest BCUT2D eigenvalue weighted by molar-refractivity contribution is -0.137. The maximum Gasteiger partial charge on any atom is 0.416 e. The first-order valence-corrected chi connectivity index (χ1v) is 8.58. The van der Waals surface area contributed by atoms with Crippen LogP contribution in [-0.2, 0) is 13.2 Å². The van der Waals surface area contributed by atoms with Gasteiger partial charge < -0.3 is 10.4 Å². The van der Waals surface area contributed by atoms with Gasteiger partial charge in [-0.05, 0) is 48.0 Å². The second-order valence-electron chi connectivity index (χ2n) is 6.39. The van der Waals surface area contributed by atoms with Crippen LogP contribution in [0, 0.1) is 5.82 Å². The van der Waals surface area contributed by atoms with Crippen LogP contribution in [0.1, 0.15) is 27.7 Å². The number of alkyl halides is 3. The first kappa shape index (κ1) is 20.5. The molecule has 5 nitrogen and oxygen atoms in total. The molecule has 0 aliphatic carbocycles. The second-order valence-corrected chi connectivity index (χ2v) is 6.39. The molecule has 0 aliphatic rings. The molecule has 0 saturated heterocycles. The minimum Gasteiger partial charge on any atom is -0.387 e. The van der Waals surface area contributed by atoms with Crippen LogP contribution in [0.2, 0.25) is 0 Å². The van der Waals surface area contributed by atoms with E-state index in [1.807, 2.05) is 0 Å². The summed E-state index contributed by atoms with van der Waals surface area (Å²) >= 11 is 0. The van der Waals surface area contributed by atoms with Gasteiger partial charge in [0.1, 0.15) is 11.5 Å². The van der Waals surface area contributed by atoms with Gasteiger partial charge in [-0.3, -0.25) is 9.48 Å². The van der Waals surface area contributed by atoms with Crippen molar-refractivity contribution in [1.82, 2.24) is 15.1 Å². The van der Waals surface area contributed by atoms with Gasteiger partial charge in [-0.25, -0.2) is 4.39 Å². The summed E-state index contributed by atoms with van der Waals surface area (Å²) < 4.78 is 52.2. The molecule has 0 bridgehead atoms. The van der Waals surface area contributed by atoms with Gasteiger partial charge in [0.25, 0.3) is 5.91 Å². The molecule has 0 aliphatic heterocycles. The monoisotopic (exact) mass is 407 g/mol. The van der Waals surface area contributed by atoms with Crippen molar-refractivity contribution in [3.8, 4) is 11.3 Å². The minimum atomic E-state index is -4.46. The molecule has 0 unspecified atom stereocenters. The van der Waals surface area contributed by atoms with Crippen LogP contribution < -0.4 is 5.32 Å². The van der Waals surface area contributed by atoms with Crippen molar-refractivity contribution >= 4 is 5.91 Å². The van der Waals surface area contributed by atoms with E-state index in [1.165, 1.54) is 35.0 Å². The number of aryl methyl sites for hydroxylation is 1. The maximum atomic E-state index is 13.0. The van der Waals surface area contributed by atoms with Gasteiger partial charge >= 0.3 is 6.18 Å². The highest BCUT2D eigenvalue weighted by Gasteiger charge is 2.30. The van der Waals surface area contributed by atoms with Gasteiger partial charge in [0.05, 0.1) is 17.4 Å². The lowest BCUT2D eigenvalue weighted by Gasteiger charge is -2.13. The Morgan fingerprint density at radius 2 is 1.76 bits per heavy atom. The Morgan fingerprint density at radius 3 is 2.34 bits per heavy atom. The van der Waals surface area contributed by atoms with E-state index in [0.717, 1.165) is 24.3 Å². The van der Waals surface area contributed by atoms with Crippen LogP contribution >= 0.6 is 0 Å². The second kappa shape index (κ2) is 8.04. The predicted octanol–water partition coefficient (Wildman–Crippen LogP) is 3.71. The van der Waals surface area contributed by atoms with Crippen molar-refractivity contribution in [2.24, 2.45) is 7.05 Å². The normalized spacial score (nSPS) is 12.6. The van der Waals surface area contributed by atoms with Gasteiger partial charge in [-0.1, -0.05) is 12.1 Å². The number of hydrogen-bond donors (Lipinski definition) is 2. The molecule has 0 saturated carbocycles. The first-order chi connectivity index (χ1) is 13.6. The van der Waals surface area contributed by atoms with Crippen molar-refractivity contribution in [1.29, 1.82) is 0 Å². The highest BCUT2D eigenvalue weighted by atomic mass is 19.4. The molecule has 9 heteroatoms. The Balaban J connectivity index is 1.65. The fourth-order valence-electron chi connectivity index (χ4n) is 2.73. The number of benzene rings is 2. The third-order valence-corrected chi connectivity index (χ3v) is 4.33. The van der Waals surface area contributed by atoms with Gasteiger partial charge in [-0.2, -0.15) is 18.3 Å². The van der Waals surface area contributed by atoms with Crippen molar-refractivity contribution in [3.05, 3.63) is 77.2 Å². The topological polar surface area (TPSA) is 67.2 Å². The molecule has 29 heavy (non-hydrogen) atoms. The summed E-state index contributed by atoms with van der Waals surface area (Å²) in [6.07, 6.45) is -5.63. The van der Waals surface area contributed by atoms with Crippen LogP contribution in [0.15, 0.2) is 54.6 Å². The zero-order chi connectivity index (χ0) is 21.2. The van der Waals surface area contributed by atoms with Crippen LogP contribution in [0.25, 0.3) is 11.3 Å². The van der Waals surface area contributed by atoms with Crippen LogP contribution in [0.4, 0.5) is 17.6 Å². The molecular weight excluding hydrogens is 390 g/mol. The predicted molar refractivity (Wildman–Crippen MR) is 97.3 cm³/mol. The van der Waals surface area contributed by atoms with E-state index in [0.29, 0.717) is 11.3 Å². The van der Waals surface area contributed by atoms with E-state index in [9.17, 15) is 27.5 Å². The standard InChI is InChI=1S/C20H17F4N3O2/c1-27-17(10-16(26-27)12-4-8-15(21)9-5-12)19(29)25-11-18(28)13-2-6-14(7-3-13)20(22,23)24/h2-10,18,28H,11H2,1H3,(H,25,29)/t18-/m0/s1. The third-order valence-electron chi connectivity index (χ3n) is 4.33. The van der Waals surface area contributed by atoms with Crippen LogP contribution in [-0.4, -0.2) is 27.3 Å². The molecule has 2 aromatic carbocycles. The summed E-state index contributed by atoms with van der Waals surface area (Å²) in [4.78, 5) is 12.4. The Kier molecular flexibility index (Phi) is 5.69. The van der Waals surface area contributed by atoms with Gasteiger partial charge in [0.15, 0.2) is 0 Å². The molecule has 0 fully saturated rings. The fourth-order valence-corrected chi connectivity index (χ4v) is 2.73. The van der Waals surface area contributed by atoms with E-state index in [4.69, 9.17) is 0 Å². The number of aliphatic hydroxyl groups is 1. The maximum absolute atomic E-state index is 13.0. The zero-order valence-corrected chi connectivity index (χ0v) is 15.2. The summed E-state index contributed by atoms with van der Waals surface area (Å²) in [5.74, 6) is -0.903. The third kappa shape index (κ3) is 4.80. The van der Waals surface area contributed by atoms with Crippen molar-refractivity contribution in [2.45, 2.75) is 12.3 Å². The SMILES string of the molecule is Cn1nc(-c2ccc(F)cc2)cc1C(=O)NC[C@H](O)c1ccc(C(F)(F)F)cc1. The number of rotatable bonds is 5. The summed E-state index contributed by atoms with van der Waals surface area (Å²) in [6.45, 7) is -0.193. The first-order valence-electron chi connectivity index (χ1n) is 8.58. The number of halogens is 4. The Morgan fingerprint density at radius 1 is 1.14 bits per heavy atom. The zero-order valence-electron chi connectivity index (χ0n) is 15.2. The highest BCUT2D eigenvalue weighted by molar-refractivity contribution is 5.93. The van der Waals surface area contributed by atoms with E-state index >= 15 is 0 Å². The lowest BCUT2D eigenvalue weighted by Crippen LogP contribution is -2.29. The number of nitrogens with one attached hydrogen (secondary N) is 1.